The van der Waals surface area contributed by atoms with E-state index in [-0.39, 0.29) is 29.3 Å². The largest absolute Gasteiger partial charge is 1.00 e. The molecule has 1 heterocycles. The zero-order valence-corrected chi connectivity index (χ0v) is 17.2. The van der Waals surface area contributed by atoms with Crippen LogP contribution in [0.5, 0.6) is 0 Å². The van der Waals surface area contributed by atoms with Gasteiger partial charge in [-0.3, -0.25) is 10.5 Å². The summed E-state index contributed by atoms with van der Waals surface area (Å²) in [5.74, 6) is 0.614. The summed E-state index contributed by atoms with van der Waals surface area (Å²) in [6, 6.07) is 14.0. The van der Waals surface area contributed by atoms with Gasteiger partial charge < -0.3 is 17.0 Å². The molecule has 0 aliphatic rings. The molecule has 2 N–H and O–H groups in total. The molecule has 3 aromatic rings. The van der Waals surface area contributed by atoms with Crippen molar-refractivity contribution in [3.8, 4) is 11.3 Å². The van der Waals surface area contributed by atoms with E-state index in [1.54, 1.807) is 0 Å². The van der Waals surface area contributed by atoms with E-state index in [9.17, 15) is 4.79 Å². The number of imidazole rings is 1. The van der Waals surface area contributed by atoms with Crippen LogP contribution < -0.4 is 27.3 Å². The summed E-state index contributed by atoms with van der Waals surface area (Å²) in [4.78, 5) is 12.5. The number of aryl methyl sites for hydroxylation is 3. The van der Waals surface area contributed by atoms with Gasteiger partial charge in [0.05, 0.1) is 7.05 Å². The number of halogens is 1. The highest BCUT2D eigenvalue weighted by atomic mass is 79.9. The van der Waals surface area contributed by atoms with Crippen molar-refractivity contribution in [2.24, 2.45) is 7.05 Å². The Morgan fingerprint density at radius 1 is 1.04 bits per heavy atom. The van der Waals surface area contributed by atoms with Crippen LogP contribution in [0, 0.1) is 20.8 Å². The molecule has 0 saturated heterocycles. The number of Topliss-reactive ketones (excluding diaryl/α,β-unsaturated/α-hetero) is 1. The number of anilines is 1. The topological polar surface area (TPSA) is 51.9 Å². The molecular formula is C21H24BrN3O. The van der Waals surface area contributed by atoms with Crippen LogP contribution in [0.1, 0.15) is 27.0 Å². The number of nitrogens with two attached hydrogens (primary N) is 1. The number of carbonyl (C=O) groups is 1. The van der Waals surface area contributed by atoms with Crippen LogP contribution in [0.2, 0.25) is 0 Å². The summed E-state index contributed by atoms with van der Waals surface area (Å²) in [6.07, 6.45) is 1.95. The van der Waals surface area contributed by atoms with E-state index in [2.05, 4.69) is 32.0 Å². The molecule has 1 aromatic heterocycles. The van der Waals surface area contributed by atoms with Gasteiger partial charge in [-0.2, -0.15) is 0 Å². The molecular weight excluding hydrogens is 390 g/mol. The van der Waals surface area contributed by atoms with Crippen LogP contribution in [-0.4, -0.2) is 10.4 Å². The van der Waals surface area contributed by atoms with E-state index in [1.807, 2.05) is 53.6 Å². The van der Waals surface area contributed by atoms with Crippen molar-refractivity contribution in [3.05, 3.63) is 70.9 Å². The zero-order chi connectivity index (χ0) is 18.1. The van der Waals surface area contributed by atoms with E-state index in [0.29, 0.717) is 11.5 Å². The van der Waals surface area contributed by atoms with E-state index < -0.39 is 0 Å². The summed E-state index contributed by atoms with van der Waals surface area (Å²) in [6.45, 7) is 6.43. The van der Waals surface area contributed by atoms with Gasteiger partial charge >= 0.3 is 5.95 Å². The molecule has 0 saturated carbocycles. The number of nitrogen functional groups attached to an aromatic ring is 1. The Morgan fingerprint density at radius 3 is 2.31 bits per heavy atom. The minimum Gasteiger partial charge on any atom is -1.00 e. The smallest absolute Gasteiger partial charge is 0.355 e. The molecule has 0 aliphatic carbocycles. The summed E-state index contributed by atoms with van der Waals surface area (Å²) in [5.41, 5.74) is 12.7. The average molecular weight is 414 g/mol. The van der Waals surface area contributed by atoms with Crippen LogP contribution in [0.25, 0.3) is 11.3 Å². The Hall–Kier alpha value is -2.40. The first-order chi connectivity index (χ1) is 11.9. The van der Waals surface area contributed by atoms with Gasteiger partial charge in [0.25, 0.3) is 0 Å². The third-order valence-corrected chi connectivity index (χ3v) is 4.77. The molecule has 26 heavy (non-hydrogen) atoms. The van der Waals surface area contributed by atoms with E-state index in [1.165, 1.54) is 11.1 Å². The number of benzene rings is 2. The zero-order valence-electron chi connectivity index (χ0n) is 15.6. The SMILES string of the molecule is Cc1ccc(C(=O)C[n+]2cc(-c3ccc(C)c(C)c3)n(C)c2N)cc1.[Br-]. The number of hydrogen-bond acceptors (Lipinski definition) is 2. The second kappa shape index (κ2) is 7.87. The van der Waals surface area contributed by atoms with Gasteiger partial charge in [-0.15, -0.1) is 0 Å². The lowest BCUT2D eigenvalue weighted by Gasteiger charge is -2.03. The molecule has 4 nitrogen and oxygen atoms in total. The highest BCUT2D eigenvalue weighted by molar-refractivity contribution is 5.95. The Labute approximate surface area is 165 Å². The summed E-state index contributed by atoms with van der Waals surface area (Å²) < 4.78 is 3.74. The van der Waals surface area contributed by atoms with Crippen molar-refractivity contribution in [3.63, 3.8) is 0 Å². The van der Waals surface area contributed by atoms with Crippen molar-refractivity contribution < 1.29 is 26.3 Å². The molecule has 0 atom stereocenters. The normalized spacial score (nSPS) is 10.5. The molecule has 0 radical (unpaired) electrons. The van der Waals surface area contributed by atoms with Gasteiger partial charge in [0.2, 0.25) is 0 Å². The first kappa shape index (κ1) is 19.9. The molecule has 5 heteroatoms. The maximum Gasteiger partial charge on any atom is 0.355 e. The molecule has 3 rings (SSSR count). The van der Waals surface area contributed by atoms with Gasteiger partial charge in [0.1, 0.15) is 18.4 Å². The van der Waals surface area contributed by atoms with Crippen LogP contribution in [-0.2, 0) is 13.6 Å². The third kappa shape index (κ3) is 3.88. The number of ketones is 1. The Morgan fingerprint density at radius 2 is 1.69 bits per heavy atom. The molecule has 0 spiro atoms. The molecule has 0 amide bonds. The fourth-order valence-electron chi connectivity index (χ4n) is 2.90. The molecule has 0 aliphatic heterocycles. The maximum atomic E-state index is 12.5. The first-order valence-corrected chi connectivity index (χ1v) is 8.39. The monoisotopic (exact) mass is 413 g/mol. The van der Waals surface area contributed by atoms with Crippen molar-refractivity contribution in [2.75, 3.05) is 5.73 Å². The number of rotatable bonds is 4. The lowest BCUT2D eigenvalue weighted by Crippen LogP contribution is -3.00. The number of aromatic nitrogens is 2. The third-order valence-electron chi connectivity index (χ3n) is 4.77. The highest BCUT2D eigenvalue weighted by Crippen LogP contribution is 2.22. The van der Waals surface area contributed by atoms with Crippen molar-refractivity contribution >= 4 is 11.7 Å². The van der Waals surface area contributed by atoms with Crippen LogP contribution in [0.3, 0.4) is 0 Å². The Balaban J connectivity index is 0.00000243. The van der Waals surface area contributed by atoms with Crippen LogP contribution in [0.15, 0.2) is 48.7 Å². The van der Waals surface area contributed by atoms with E-state index in [0.717, 1.165) is 16.8 Å². The van der Waals surface area contributed by atoms with Gasteiger partial charge in [-0.05, 0) is 38.0 Å². The summed E-state index contributed by atoms with van der Waals surface area (Å²) in [5, 5.41) is 0. The van der Waals surface area contributed by atoms with Crippen LogP contribution in [0.4, 0.5) is 5.95 Å². The van der Waals surface area contributed by atoms with Gasteiger partial charge in [0.15, 0.2) is 5.78 Å². The molecule has 0 fully saturated rings. The second-order valence-electron chi connectivity index (χ2n) is 6.65. The summed E-state index contributed by atoms with van der Waals surface area (Å²) >= 11 is 0. The molecule has 2 aromatic carbocycles. The van der Waals surface area contributed by atoms with Gasteiger partial charge in [-0.25, -0.2) is 9.13 Å². The predicted molar refractivity (Wildman–Crippen MR) is 100 cm³/mol. The lowest BCUT2D eigenvalue weighted by atomic mass is 10.0. The minimum atomic E-state index is 0. The van der Waals surface area contributed by atoms with E-state index >= 15 is 0 Å². The quantitative estimate of drug-likeness (QED) is 0.496. The Bertz CT molecular complexity index is 943. The van der Waals surface area contributed by atoms with E-state index in [4.69, 9.17) is 5.73 Å². The molecule has 0 bridgehead atoms. The van der Waals surface area contributed by atoms with Crippen molar-refractivity contribution in [1.29, 1.82) is 0 Å². The predicted octanol–water partition coefficient (Wildman–Crippen LogP) is 0.374. The van der Waals surface area contributed by atoms with Crippen molar-refractivity contribution in [2.45, 2.75) is 27.3 Å². The molecule has 0 unspecified atom stereocenters. The average Bonchev–Trinajstić information content (AvgIpc) is 2.86. The van der Waals surface area contributed by atoms with Gasteiger partial charge in [-0.1, -0.05) is 42.0 Å². The summed E-state index contributed by atoms with van der Waals surface area (Å²) in [7, 11) is 1.92. The first-order valence-electron chi connectivity index (χ1n) is 8.39. The maximum absolute atomic E-state index is 12.5. The van der Waals surface area contributed by atoms with Crippen LogP contribution >= 0.6 is 0 Å². The van der Waals surface area contributed by atoms with Gasteiger partial charge in [0, 0.05) is 11.1 Å². The fraction of sp³-hybridized carbons (Fsp3) is 0.238. The second-order valence-corrected chi connectivity index (χ2v) is 6.65. The standard InChI is InChI=1S/C21H23N3O.BrH/c1-14-5-8-17(9-6-14)20(25)13-24-12-19(23(4)21(24)22)18-10-7-15(2)16(3)11-18;/h5-12,22H,13H2,1-4H3;1H. The fourth-order valence-corrected chi connectivity index (χ4v) is 2.90. The number of nitrogens with zero attached hydrogens (tertiary/aromatic N) is 2. The van der Waals surface area contributed by atoms with Crippen molar-refractivity contribution in [1.82, 2.24) is 4.57 Å². The number of carbonyl (C=O) groups excluding carboxylic acids is 1. The highest BCUT2D eigenvalue weighted by Gasteiger charge is 2.20. The minimum absolute atomic E-state index is 0. The number of hydrogen-bond donors (Lipinski definition) is 1. The lowest BCUT2D eigenvalue weighted by molar-refractivity contribution is -0.667. The molecule has 136 valence electrons. The Kier molecular flexibility index (Phi) is 6.03.